The summed E-state index contributed by atoms with van der Waals surface area (Å²) in [6, 6.07) is 5.80. The van der Waals surface area contributed by atoms with Crippen molar-refractivity contribution in [2.75, 3.05) is 40.0 Å². The number of carbonyl (C=O) groups is 1. The smallest absolute Gasteiger partial charge is 0.241 e. The van der Waals surface area contributed by atoms with Crippen LogP contribution in [0.15, 0.2) is 23.1 Å². The summed E-state index contributed by atoms with van der Waals surface area (Å²) >= 11 is 0. The molecule has 1 fully saturated rings. The van der Waals surface area contributed by atoms with Crippen molar-refractivity contribution < 1.29 is 22.7 Å². The van der Waals surface area contributed by atoms with E-state index in [1.807, 2.05) is 6.07 Å². The van der Waals surface area contributed by atoms with Crippen LogP contribution in [0.3, 0.4) is 0 Å². The first kappa shape index (κ1) is 17.2. The fraction of sp³-hybridized carbons (Fsp3) is 0.429. The molecule has 9 heteroatoms. The maximum Gasteiger partial charge on any atom is 0.241 e. The van der Waals surface area contributed by atoms with Crippen LogP contribution in [-0.2, 0) is 19.6 Å². The Morgan fingerprint density at radius 1 is 1.43 bits per heavy atom. The van der Waals surface area contributed by atoms with Gasteiger partial charge in [-0.2, -0.15) is 5.26 Å². The minimum absolute atomic E-state index is 0.0929. The Kier molecular flexibility index (Phi) is 5.54. The molecule has 1 saturated heterocycles. The lowest BCUT2D eigenvalue weighted by Crippen LogP contribution is -2.45. The number of nitrogens with zero attached hydrogens (tertiary/aromatic N) is 2. The Labute approximate surface area is 134 Å². The number of hydrogen-bond donors (Lipinski definition) is 1. The van der Waals surface area contributed by atoms with Crippen LogP contribution in [0.25, 0.3) is 0 Å². The molecule has 0 atom stereocenters. The quantitative estimate of drug-likeness (QED) is 0.789. The van der Waals surface area contributed by atoms with Crippen LogP contribution in [0, 0.1) is 11.3 Å². The summed E-state index contributed by atoms with van der Waals surface area (Å²) in [5.41, 5.74) is 0.106. The van der Waals surface area contributed by atoms with Gasteiger partial charge < -0.3 is 14.4 Å². The zero-order valence-electron chi connectivity index (χ0n) is 12.6. The number of amides is 1. The van der Waals surface area contributed by atoms with Crippen molar-refractivity contribution >= 4 is 15.9 Å². The van der Waals surface area contributed by atoms with E-state index in [1.54, 1.807) is 4.90 Å². The van der Waals surface area contributed by atoms with E-state index in [0.29, 0.717) is 26.3 Å². The fourth-order valence-corrected chi connectivity index (χ4v) is 3.11. The molecule has 1 N–H and O–H groups in total. The third-order valence-corrected chi connectivity index (χ3v) is 4.78. The summed E-state index contributed by atoms with van der Waals surface area (Å²) in [5.74, 6) is -0.0262. The van der Waals surface area contributed by atoms with Crippen molar-refractivity contribution in [3.8, 4) is 11.8 Å². The van der Waals surface area contributed by atoms with E-state index in [9.17, 15) is 13.2 Å². The highest BCUT2D eigenvalue weighted by atomic mass is 32.2. The molecule has 1 aliphatic rings. The van der Waals surface area contributed by atoms with Crippen LogP contribution in [0.4, 0.5) is 0 Å². The number of benzene rings is 1. The fourth-order valence-electron chi connectivity index (χ4n) is 2.11. The van der Waals surface area contributed by atoms with Gasteiger partial charge in [0, 0.05) is 13.1 Å². The highest BCUT2D eigenvalue weighted by Crippen LogP contribution is 2.21. The van der Waals surface area contributed by atoms with Gasteiger partial charge in [0.25, 0.3) is 0 Å². The lowest BCUT2D eigenvalue weighted by molar-refractivity contribution is -0.133. The van der Waals surface area contributed by atoms with E-state index in [4.69, 9.17) is 14.7 Å². The van der Waals surface area contributed by atoms with Gasteiger partial charge in [-0.1, -0.05) is 0 Å². The molecule has 1 aromatic rings. The van der Waals surface area contributed by atoms with Gasteiger partial charge in [0.2, 0.25) is 15.9 Å². The first-order valence-electron chi connectivity index (χ1n) is 6.91. The lowest BCUT2D eigenvalue weighted by Gasteiger charge is -2.26. The number of ether oxygens (including phenoxy) is 2. The Bertz CT molecular complexity index is 720. The monoisotopic (exact) mass is 339 g/mol. The summed E-state index contributed by atoms with van der Waals surface area (Å²) in [6.07, 6.45) is 0. The SMILES string of the molecule is COc1ccc(S(=O)(=O)NCC(=O)N2CCOCC2)cc1C#N. The number of carbonyl (C=O) groups excluding carboxylic acids is 1. The summed E-state index contributed by atoms with van der Waals surface area (Å²) in [7, 11) is -2.49. The minimum atomic E-state index is -3.89. The first-order valence-corrected chi connectivity index (χ1v) is 8.39. The number of morpholine rings is 1. The molecule has 1 aromatic carbocycles. The second kappa shape index (κ2) is 7.41. The molecule has 1 amide bonds. The largest absolute Gasteiger partial charge is 0.495 e. The van der Waals surface area contributed by atoms with Crippen molar-refractivity contribution in [1.29, 1.82) is 5.26 Å². The maximum atomic E-state index is 12.2. The van der Waals surface area contributed by atoms with Gasteiger partial charge in [-0.05, 0) is 18.2 Å². The molecule has 0 aliphatic carbocycles. The molecule has 8 nitrogen and oxygen atoms in total. The summed E-state index contributed by atoms with van der Waals surface area (Å²) in [6.45, 7) is 1.45. The van der Waals surface area contributed by atoms with Crippen LogP contribution >= 0.6 is 0 Å². The topological polar surface area (TPSA) is 109 Å². The zero-order chi connectivity index (χ0) is 16.9. The van der Waals surface area contributed by atoms with E-state index in [0.717, 1.165) is 0 Å². The molecule has 2 rings (SSSR count). The Morgan fingerprint density at radius 2 is 2.13 bits per heavy atom. The third-order valence-electron chi connectivity index (χ3n) is 3.38. The van der Waals surface area contributed by atoms with E-state index in [1.165, 1.54) is 25.3 Å². The van der Waals surface area contributed by atoms with Crippen LogP contribution in [0.2, 0.25) is 0 Å². The molecule has 0 bridgehead atoms. The molecule has 0 unspecified atom stereocenters. The van der Waals surface area contributed by atoms with Crippen molar-refractivity contribution in [2.45, 2.75) is 4.90 Å². The molecule has 0 radical (unpaired) electrons. The average molecular weight is 339 g/mol. The molecule has 0 spiro atoms. The molecule has 23 heavy (non-hydrogen) atoms. The van der Waals surface area contributed by atoms with Gasteiger partial charge in [-0.25, -0.2) is 13.1 Å². The highest BCUT2D eigenvalue weighted by Gasteiger charge is 2.21. The van der Waals surface area contributed by atoms with E-state index in [2.05, 4.69) is 4.72 Å². The van der Waals surface area contributed by atoms with Gasteiger partial charge in [-0.15, -0.1) is 0 Å². The minimum Gasteiger partial charge on any atom is -0.495 e. The Balaban J connectivity index is 2.07. The van der Waals surface area contributed by atoms with Crippen molar-refractivity contribution in [1.82, 2.24) is 9.62 Å². The van der Waals surface area contributed by atoms with Gasteiger partial charge in [-0.3, -0.25) is 4.79 Å². The molecule has 1 heterocycles. The summed E-state index contributed by atoms with van der Waals surface area (Å²) < 4.78 is 36.8. The number of nitriles is 1. The van der Waals surface area contributed by atoms with Crippen LogP contribution < -0.4 is 9.46 Å². The van der Waals surface area contributed by atoms with Gasteiger partial charge in [0.1, 0.15) is 11.8 Å². The molecular weight excluding hydrogens is 322 g/mol. The molecule has 1 aliphatic heterocycles. The predicted molar refractivity (Wildman–Crippen MR) is 80.3 cm³/mol. The number of nitrogens with one attached hydrogen (secondary N) is 1. The summed E-state index contributed by atoms with van der Waals surface area (Å²) in [4.78, 5) is 13.4. The highest BCUT2D eigenvalue weighted by molar-refractivity contribution is 7.89. The van der Waals surface area contributed by atoms with E-state index in [-0.39, 0.29) is 28.7 Å². The second-order valence-electron chi connectivity index (χ2n) is 4.79. The number of methoxy groups -OCH3 is 1. The Hall–Kier alpha value is -2.15. The standard InChI is InChI=1S/C14H17N3O5S/c1-21-13-3-2-12(8-11(13)9-15)23(19,20)16-10-14(18)17-4-6-22-7-5-17/h2-3,8,16H,4-7,10H2,1H3. The van der Waals surface area contributed by atoms with E-state index < -0.39 is 10.0 Å². The van der Waals surface area contributed by atoms with Crippen molar-refractivity contribution in [2.24, 2.45) is 0 Å². The van der Waals surface area contributed by atoms with Gasteiger partial charge >= 0.3 is 0 Å². The second-order valence-corrected chi connectivity index (χ2v) is 6.56. The molecule has 124 valence electrons. The van der Waals surface area contributed by atoms with Gasteiger partial charge in [0.15, 0.2) is 0 Å². The predicted octanol–water partition coefficient (Wildman–Crippen LogP) is -0.296. The lowest BCUT2D eigenvalue weighted by atomic mass is 10.2. The first-order chi connectivity index (χ1) is 11.0. The molecule has 0 aromatic heterocycles. The van der Waals surface area contributed by atoms with E-state index >= 15 is 0 Å². The number of sulfonamides is 1. The van der Waals surface area contributed by atoms with Crippen LogP contribution in [0.5, 0.6) is 5.75 Å². The number of rotatable bonds is 5. The number of hydrogen-bond acceptors (Lipinski definition) is 6. The normalized spacial score (nSPS) is 15.0. The third kappa shape index (κ3) is 4.19. The van der Waals surface area contributed by atoms with Crippen LogP contribution in [0.1, 0.15) is 5.56 Å². The molecular formula is C14H17N3O5S. The zero-order valence-corrected chi connectivity index (χ0v) is 13.4. The van der Waals surface area contributed by atoms with Gasteiger partial charge in [0.05, 0.1) is 37.3 Å². The average Bonchev–Trinajstić information content (AvgIpc) is 2.59. The maximum absolute atomic E-state index is 12.2. The Morgan fingerprint density at radius 3 is 2.74 bits per heavy atom. The van der Waals surface area contributed by atoms with Crippen molar-refractivity contribution in [3.63, 3.8) is 0 Å². The summed E-state index contributed by atoms with van der Waals surface area (Å²) in [5, 5.41) is 9.01. The van der Waals surface area contributed by atoms with Crippen molar-refractivity contribution in [3.05, 3.63) is 23.8 Å². The van der Waals surface area contributed by atoms with Crippen LogP contribution in [-0.4, -0.2) is 59.2 Å². The molecule has 0 saturated carbocycles.